The van der Waals surface area contributed by atoms with Gasteiger partial charge in [-0.05, 0) is 50.8 Å². The van der Waals surface area contributed by atoms with E-state index in [-0.39, 0.29) is 0 Å². The molecule has 1 aliphatic rings. The second-order valence-electron chi connectivity index (χ2n) is 5.12. The summed E-state index contributed by atoms with van der Waals surface area (Å²) in [4.78, 5) is 0. The highest BCUT2D eigenvalue weighted by Gasteiger charge is 2.13. The fourth-order valence-corrected chi connectivity index (χ4v) is 2.61. The average Bonchev–Trinajstić information content (AvgIpc) is 2.76. The molecule has 88 valence electrons. The standard InChI is InChI=1S/C15H23N/c1-12-7-8-13(2)14(11-12)9-10-16-15-5-3-4-6-15/h7-8,11,15-16H,3-6,9-10H2,1-2H3. The monoisotopic (exact) mass is 217 g/mol. The first kappa shape index (κ1) is 11.7. The summed E-state index contributed by atoms with van der Waals surface area (Å²) in [5.74, 6) is 0. The largest absolute Gasteiger partial charge is 0.314 e. The van der Waals surface area contributed by atoms with Crippen LogP contribution in [0, 0.1) is 13.8 Å². The van der Waals surface area contributed by atoms with Crippen LogP contribution in [0.2, 0.25) is 0 Å². The minimum Gasteiger partial charge on any atom is -0.314 e. The number of benzene rings is 1. The average molecular weight is 217 g/mol. The van der Waals surface area contributed by atoms with Gasteiger partial charge in [0.15, 0.2) is 0 Å². The molecule has 2 rings (SSSR count). The minimum absolute atomic E-state index is 0.796. The van der Waals surface area contributed by atoms with Gasteiger partial charge in [-0.15, -0.1) is 0 Å². The number of hydrogen-bond acceptors (Lipinski definition) is 1. The lowest BCUT2D eigenvalue weighted by Gasteiger charge is -2.13. The highest BCUT2D eigenvalue weighted by molar-refractivity contribution is 5.30. The highest BCUT2D eigenvalue weighted by atomic mass is 14.9. The van der Waals surface area contributed by atoms with Gasteiger partial charge in [-0.25, -0.2) is 0 Å². The van der Waals surface area contributed by atoms with Crippen LogP contribution in [0.4, 0.5) is 0 Å². The van der Waals surface area contributed by atoms with Crippen LogP contribution < -0.4 is 5.32 Å². The summed E-state index contributed by atoms with van der Waals surface area (Å²) in [6, 6.07) is 7.56. The highest BCUT2D eigenvalue weighted by Crippen LogP contribution is 2.17. The Morgan fingerprint density at radius 1 is 1.19 bits per heavy atom. The van der Waals surface area contributed by atoms with Gasteiger partial charge in [-0.2, -0.15) is 0 Å². The van der Waals surface area contributed by atoms with E-state index in [1.807, 2.05) is 0 Å². The Morgan fingerprint density at radius 3 is 2.69 bits per heavy atom. The fourth-order valence-electron chi connectivity index (χ4n) is 2.61. The summed E-state index contributed by atoms with van der Waals surface area (Å²) in [6.45, 7) is 5.52. The van der Waals surface area contributed by atoms with E-state index >= 15 is 0 Å². The fraction of sp³-hybridized carbons (Fsp3) is 0.600. The van der Waals surface area contributed by atoms with Crippen molar-refractivity contribution in [3.05, 3.63) is 34.9 Å². The zero-order valence-corrected chi connectivity index (χ0v) is 10.6. The molecule has 0 saturated heterocycles. The smallest absolute Gasteiger partial charge is 0.00671 e. The molecule has 16 heavy (non-hydrogen) atoms. The van der Waals surface area contributed by atoms with Crippen molar-refractivity contribution in [1.82, 2.24) is 5.32 Å². The number of rotatable bonds is 4. The molecule has 0 spiro atoms. The molecule has 1 aliphatic carbocycles. The molecule has 0 aromatic heterocycles. The third kappa shape index (κ3) is 3.08. The van der Waals surface area contributed by atoms with Crippen LogP contribution in [0.3, 0.4) is 0 Å². The van der Waals surface area contributed by atoms with E-state index in [0.717, 1.165) is 12.6 Å². The van der Waals surface area contributed by atoms with Crippen LogP contribution in [0.15, 0.2) is 18.2 Å². The lowest BCUT2D eigenvalue weighted by atomic mass is 10.0. The first-order valence-electron chi connectivity index (χ1n) is 6.55. The number of nitrogens with one attached hydrogen (secondary N) is 1. The van der Waals surface area contributed by atoms with Crippen LogP contribution in [-0.4, -0.2) is 12.6 Å². The van der Waals surface area contributed by atoms with E-state index in [0.29, 0.717) is 0 Å². The second kappa shape index (κ2) is 5.49. The molecule has 1 fully saturated rings. The molecule has 1 heteroatoms. The molecule has 0 amide bonds. The lowest BCUT2D eigenvalue weighted by Crippen LogP contribution is -2.28. The van der Waals surface area contributed by atoms with Gasteiger partial charge in [0.05, 0.1) is 0 Å². The van der Waals surface area contributed by atoms with Gasteiger partial charge < -0.3 is 5.32 Å². The SMILES string of the molecule is Cc1ccc(C)c(CCNC2CCCC2)c1. The van der Waals surface area contributed by atoms with Crippen molar-refractivity contribution in [2.75, 3.05) is 6.54 Å². The van der Waals surface area contributed by atoms with E-state index in [1.165, 1.54) is 48.8 Å². The van der Waals surface area contributed by atoms with Gasteiger partial charge in [-0.3, -0.25) is 0 Å². The zero-order valence-electron chi connectivity index (χ0n) is 10.6. The molecule has 1 nitrogen and oxygen atoms in total. The van der Waals surface area contributed by atoms with Crippen molar-refractivity contribution >= 4 is 0 Å². The van der Waals surface area contributed by atoms with Gasteiger partial charge in [0.25, 0.3) is 0 Å². The molecule has 0 atom stereocenters. The molecular weight excluding hydrogens is 194 g/mol. The Labute approximate surface area is 99.3 Å². The van der Waals surface area contributed by atoms with Crippen molar-refractivity contribution < 1.29 is 0 Å². The molecule has 0 heterocycles. The summed E-state index contributed by atoms with van der Waals surface area (Å²) in [7, 11) is 0. The summed E-state index contributed by atoms with van der Waals surface area (Å²) in [5.41, 5.74) is 4.31. The quantitative estimate of drug-likeness (QED) is 0.815. The van der Waals surface area contributed by atoms with Crippen LogP contribution in [0.25, 0.3) is 0 Å². The lowest BCUT2D eigenvalue weighted by molar-refractivity contribution is 0.527. The predicted octanol–water partition coefficient (Wildman–Crippen LogP) is 3.38. The predicted molar refractivity (Wildman–Crippen MR) is 69.9 cm³/mol. The maximum Gasteiger partial charge on any atom is 0.00671 e. The summed E-state index contributed by atoms with van der Waals surface area (Å²) in [6.07, 6.45) is 6.77. The maximum absolute atomic E-state index is 3.68. The van der Waals surface area contributed by atoms with Gasteiger partial charge >= 0.3 is 0 Å². The molecule has 0 aliphatic heterocycles. The third-order valence-electron chi connectivity index (χ3n) is 3.69. The number of hydrogen-bond donors (Lipinski definition) is 1. The Kier molecular flexibility index (Phi) is 4.00. The van der Waals surface area contributed by atoms with Crippen molar-refractivity contribution in [1.29, 1.82) is 0 Å². The third-order valence-corrected chi connectivity index (χ3v) is 3.69. The molecule has 1 N–H and O–H groups in total. The van der Waals surface area contributed by atoms with E-state index in [4.69, 9.17) is 0 Å². The van der Waals surface area contributed by atoms with Crippen LogP contribution >= 0.6 is 0 Å². The van der Waals surface area contributed by atoms with Crippen LogP contribution in [0.1, 0.15) is 42.4 Å². The second-order valence-corrected chi connectivity index (χ2v) is 5.12. The van der Waals surface area contributed by atoms with Gasteiger partial charge in [0.2, 0.25) is 0 Å². The first-order chi connectivity index (χ1) is 7.75. The summed E-state index contributed by atoms with van der Waals surface area (Å²) >= 11 is 0. The van der Waals surface area contributed by atoms with E-state index in [9.17, 15) is 0 Å². The molecular formula is C15H23N. The molecule has 0 radical (unpaired) electrons. The summed E-state index contributed by atoms with van der Waals surface area (Å²) < 4.78 is 0. The van der Waals surface area contributed by atoms with Gasteiger partial charge in [0, 0.05) is 6.04 Å². The Balaban J connectivity index is 1.82. The van der Waals surface area contributed by atoms with Crippen LogP contribution in [-0.2, 0) is 6.42 Å². The van der Waals surface area contributed by atoms with E-state index in [1.54, 1.807) is 0 Å². The van der Waals surface area contributed by atoms with Crippen molar-refractivity contribution in [3.63, 3.8) is 0 Å². The molecule has 0 bridgehead atoms. The van der Waals surface area contributed by atoms with Gasteiger partial charge in [-0.1, -0.05) is 36.6 Å². The Bertz CT molecular complexity index is 337. The van der Waals surface area contributed by atoms with E-state index < -0.39 is 0 Å². The van der Waals surface area contributed by atoms with Crippen LogP contribution in [0.5, 0.6) is 0 Å². The maximum atomic E-state index is 3.68. The minimum atomic E-state index is 0.796. The molecule has 1 aromatic rings. The van der Waals surface area contributed by atoms with Crippen molar-refractivity contribution in [2.24, 2.45) is 0 Å². The number of aryl methyl sites for hydroxylation is 2. The molecule has 1 saturated carbocycles. The molecule has 0 unspecified atom stereocenters. The van der Waals surface area contributed by atoms with Crippen molar-refractivity contribution in [2.45, 2.75) is 52.0 Å². The Morgan fingerprint density at radius 2 is 1.94 bits per heavy atom. The van der Waals surface area contributed by atoms with Gasteiger partial charge in [0.1, 0.15) is 0 Å². The zero-order chi connectivity index (χ0) is 11.4. The first-order valence-corrected chi connectivity index (χ1v) is 6.55. The van der Waals surface area contributed by atoms with E-state index in [2.05, 4.69) is 37.4 Å². The molecule has 1 aromatic carbocycles. The summed E-state index contributed by atoms with van der Waals surface area (Å²) in [5, 5.41) is 3.68. The topological polar surface area (TPSA) is 12.0 Å². The Hall–Kier alpha value is -0.820. The van der Waals surface area contributed by atoms with Crippen molar-refractivity contribution in [3.8, 4) is 0 Å². The normalized spacial score (nSPS) is 16.9.